The summed E-state index contributed by atoms with van der Waals surface area (Å²) in [5.74, 6) is -10.9. The van der Waals surface area contributed by atoms with Gasteiger partial charge in [-0.15, -0.1) is 0 Å². The second kappa shape index (κ2) is 18.5. The van der Waals surface area contributed by atoms with Gasteiger partial charge in [-0.3, -0.25) is 0 Å². The van der Waals surface area contributed by atoms with Crippen LogP contribution in [-0.4, -0.2) is 66.5 Å². The van der Waals surface area contributed by atoms with Crippen LogP contribution in [0, 0.1) is 81.7 Å². The number of hydrogen-bond donors (Lipinski definition) is 6. The second-order valence-electron chi connectivity index (χ2n) is 1.83. The molecule has 0 aliphatic carbocycles. The van der Waals surface area contributed by atoms with Gasteiger partial charge in [0.25, 0.3) is 0 Å². The van der Waals surface area contributed by atoms with Gasteiger partial charge in [-0.05, 0) is 0 Å². The topological polar surface area (TPSA) is 224 Å². The minimum absolute atomic E-state index is 0. The van der Waals surface area contributed by atoms with Gasteiger partial charge >= 0.3 is 35.8 Å². The van der Waals surface area contributed by atoms with Crippen molar-refractivity contribution in [3.63, 3.8) is 0 Å². The molecule has 0 bridgehead atoms. The van der Waals surface area contributed by atoms with Crippen LogP contribution in [0.25, 0.3) is 0 Å². The molecule has 0 spiro atoms. The molecule has 12 nitrogen and oxygen atoms in total. The number of rotatable bonds is 0. The van der Waals surface area contributed by atoms with Crippen LogP contribution in [0.15, 0.2) is 0 Å². The predicted molar refractivity (Wildman–Crippen MR) is 45.8 cm³/mol. The van der Waals surface area contributed by atoms with Gasteiger partial charge in [0.2, 0.25) is 0 Å². The van der Waals surface area contributed by atoms with E-state index in [2.05, 4.69) is 0 Å². The van der Waals surface area contributed by atoms with Crippen LogP contribution in [0.1, 0.15) is 0 Å². The molecule has 0 aromatic heterocycles. The zero-order chi connectivity index (χ0) is 15.5. The molecule has 0 aliphatic heterocycles. The molecule has 0 aromatic carbocycles. The van der Waals surface area contributed by atoms with Crippen molar-refractivity contribution < 1.29 is 141 Å². The molecule has 14 heteroatoms. The summed E-state index contributed by atoms with van der Waals surface area (Å²) in [6.45, 7) is 0. The van der Waals surface area contributed by atoms with Crippen molar-refractivity contribution in [1.82, 2.24) is 0 Å². The fraction of sp³-hybridized carbons (Fsp3) is 0. The first-order valence-electron chi connectivity index (χ1n) is 3.32. The number of carboxylic acids is 6. The Labute approximate surface area is 174 Å². The van der Waals surface area contributed by atoms with Gasteiger partial charge < -0.3 is 30.6 Å². The third kappa shape index (κ3) is 36.0. The summed E-state index contributed by atoms with van der Waals surface area (Å²) in [5.41, 5.74) is 0. The van der Waals surface area contributed by atoms with Gasteiger partial charge in [0.1, 0.15) is 0 Å². The Bertz CT molecular complexity index is 283. The molecule has 0 aliphatic rings. The van der Waals surface area contributed by atoms with E-state index in [4.69, 9.17) is 59.4 Å². The molecular weight excluding hydrogens is 561 g/mol. The van der Waals surface area contributed by atoms with E-state index in [0.717, 1.165) is 0 Å². The largest absolute Gasteiger partial charge is 0.473 e. The molecule has 0 radical (unpaired) electrons. The first kappa shape index (κ1) is 31.8. The smallest absolute Gasteiger partial charge is 0.414 e. The fourth-order valence-electron chi connectivity index (χ4n) is 0. The summed E-state index contributed by atoms with van der Waals surface area (Å²) >= 11 is 0. The first-order valence-corrected chi connectivity index (χ1v) is 3.32. The summed E-state index contributed by atoms with van der Waals surface area (Å²) in [7, 11) is 0. The molecule has 0 amide bonds. The first-order chi connectivity index (χ1) is 7.93. The molecule has 0 atom stereocenters. The maximum Gasteiger partial charge on any atom is 0.414 e. The van der Waals surface area contributed by atoms with Gasteiger partial charge in [-0.25, -0.2) is 28.8 Å². The number of hydrogen-bond acceptors (Lipinski definition) is 6. The van der Waals surface area contributed by atoms with E-state index in [1.165, 1.54) is 0 Å². The van der Waals surface area contributed by atoms with Crippen LogP contribution in [0.4, 0.5) is 0 Å². The van der Waals surface area contributed by atoms with Crippen LogP contribution in [0.5, 0.6) is 0 Å². The van der Waals surface area contributed by atoms with Crippen molar-refractivity contribution in [2.24, 2.45) is 0 Å². The summed E-state index contributed by atoms with van der Waals surface area (Å²) in [6.07, 6.45) is 0. The number of carboxylic acid groups (broad SMARTS) is 6. The Morgan fingerprint density at radius 2 is 0.450 bits per heavy atom. The normalized spacial score (nSPS) is 6.60. The predicted octanol–water partition coefficient (Wildman–Crippen LogP) is -2.53. The van der Waals surface area contributed by atoms with Crippen molar-refractivity contribution in [2.45, 2.75) is 0 Å². The fourth-order valence-corrected chi connectivity index (χ4v) is 0. The average molecular weight is 567 g/mol. The Balaban J connectivity index is -0.0000000536. The summed E-state index contributed by atoms with van der Waals surface area (Å²) < 4.78 is 0. The quantitative estimate of drug-likeness (QED) is 0.167. The van der Waals surface area contributed by atoms with Gasteiger partial charge in [-0.2, -0.15) is 0 Å². The summed E-state index contributed by atoms with van der Waals surface area (Å²) in [6, 6.07) is 0. The molecule has 0 unspecified atom stereocenters. The Morgan fingerprint density at radius 3 is 0.450 bits per heavy atom. The number of aliphatic carboxylic acids is 6. The minimum atomic E-state index is -1.82. The molecule has 0 rings (SSSR count). The molecular formula is C6H6CeGdO12. The molecule has 114 valence electrons. The molecule has 0 saturated carbocycles. The SMILES string of the molecule is O=C(O)C(=O)O.O=C(O)C(=O)O.O=C(O)C(=O)O.[Ce].[Gd]. The van der Waals surface area contributed by atoms with Gasteiger partial charge in [0, 0.05) is 81.7 Å². The zero-order valence-corrected chi connectivity index (χ0v) is 14.4. The van der Waals surface area contributed by atoms with E-state index in [1.54, 1.807) is 0 Å². The third-order valence-electron chi connectivity index (χ3n) is 0.549. The Hall–Kier alpha value is -0.479. The summed E-state index contributed by atoms with van der Waals surface area (Å²) in [5, 5.41) is 44.3. The minimum Gasteiger partial charge on any atom is -0.473 e. The van der Waals surface area contributed by atoms with Crippen molar-refractivity contribution in [2.75, 3.05) is 0 Å². The van der Waals surface area contributed by atoms with Gasteiger partial charge in [0.15, 0.2) is 0 Å². The molecule has 0 fully saturated rings. The zero-order valence-electron chi connectivity index (χ0n) is 8.99. The van der Waals surface area contributed by atoms with Crippen LogP contribution < -0.4 is 0 Å². The summed E-state index contributed by atoms with van der Waals surface area (Å²) in [4.78, 5) is 54.6. The van der Waals surface area contributed by atoms with E-state index in [0.29, 0.717) is 0 Å². The van der Waals surface area contributed by atoms with Crippen molar-refractivity contribution in [3.05, 3.63) is 0 Å². The van der Waals surface area contributed by atoms with Crippen molar-refractivity contribution in [1.29, 1.82) is 0 Å². The number of carbonyl (C=O) groups is 6. The van der Waals surface area contributed by atoms with Gasteiger partial charge in [0.05, 0.1) is 0 Å². The van der Waals surface area contributed by atoms with Crippen LogP contribution in [-0.2, 0) is 28.8 Å². The van der Waals surface area contributed by atoms with E-state index in [1.807, 2.05) is 0 Å². The Kier molecular flexibility index (Phi) is 29.4. The molecule has 0 saturated heterocycles. The maximum atomic E-state index is 9.10. The van der Waals surface area contributed by atoms with Crippen molar-refractivity contribution in [3.8, 4) is 0 Å². The molecule has 20 heavy (non-hydrogen) atoms. The maximum absolute atomic E-state index is 9.10. The van der Waals surface area contributed by atoms with E-state index in [-0.39, 0.29) is 81.7 Å². The monoisotopic (exact) mass is 568 g/mol. The van der Waals surface area contributed by atoms with E-state index < -0.39 is 35.8 Å². The van der Waals surface area contributed by atoms with Gasteiger partial charge in [-0.1, -0.05) is 0 Å². The Morgan fingerprint density at radius 1 is 0.400 bits per heavy atom. The molecule has 0 heterocycles. The average Bonchev–Trinajstić information content (AvgIpc) is 2.18. The van der Waals surface area contributed by atoms with Crippen LogP contribution >= 0.6 is 0 Å². The van der Waals surface area contributed by atoms with Crippen molar-refractivity contribution >= 4 is 35.8 Å². The third-order valence-corrected chi connectivity index (χ3v) is 0.549. The molecule has 0 aromatic rings. The van der Waals surface area contributed by atoms with E-state index >= 15 is 0 Å². The molecule has 6 N–H and O–H groups in total. The van der Waals surface area contributed by atoms with E-state index in [9.17, 15) is 0 Å². The standard InChI is InChI=1S/3C2H2O4.Ce.Gd/c3*3-1(4)2(5)6;;/h3*(H,3,4)(H,5,6);;. The van der Waals surface area contributed by atoms with Crippen LogP contribution in [0.2, 0.25) is 0 Å². The second-order valence-corrected chi connectivity index (χ2v) is 1.83. The van der Waals surface area contributed by atoms with Crippen LogP contribution in [0.3, 0.4) is 0 Å².